The normalized spacial score (nSPS) is 13.6. The Morgan fingerprint density at radius 2 is 1.17 bits per heavy atom. The second-order valence-corrected chi connectivity index (χ2v) is 12.3. The molecular weight excluding hydrogens is 526 g/mol. The van der Waals surface area contributed by atoms with Crippen LogP contribution in [-0.2, 0) is 19.1 Å². The van der Waals surface area contributed by atoms with Gasteiger partial charge in [0.05, 0.1) is 19.8 Å². The van der Waals surface area contributed by atoms with Crippen LogP contribution in [0.2, 0.25) is 0 Å². The average Bonchev–Trinajstić information content (AvgIpc) is 3.53. The van der Waals surface area contributed by atoms with Crippen LogP contribution in [0.1, 0.15) is 148 Å². The van der Waals surface area contributed by atoms with Crippen LogP contribution in [0.4, 0.5) is 0 Å². The van der Waals surface area contributed by atoms with Gasteiger partial charge in [-0.05, 0) is 70.8 Å². The molecule has 1 aliphatic carbocycles. The molecular formula is C36H65NO5. The Hall–Kier alpha value is -1.66. The first-order valence-electron chi connectivity index (χ1n) is 17.5. The highest BCUT2D eigenvalue weighted by Gasteiger charge is 2.22. The SMILES string of the molecule is C=CCCCCCCCCC(=O)OCC(CCCCN(CCO)C1CCCC1)COC(=O)CCCCCCCCC=C. The summed E-state index contributed by atoms with van der Waals surface area (Å²) in [5.41, 5.74) is 0. The third-order valence-corrected chi connectivity index (χ3v) is 8.57. The Kier molecular flexibility index (Phi) is 25.7. The lowest BCUT2D eigenvalue weighted by Gasteiger charge is -2.28. The van der Waals surface area contributed by atoms with Crippen LogP contribution in [0.25, 0.3) is 0 Å². The molecule has 0 aromatic heterocycles. The highest BCUT2D eigenvalue weighted by Crippen LogP contribution is 2.24. The molecule has 1 saturated carbocycles. The van der Waals surface area contributed by atoms with Gasteiger partial charge in [-0.3, -0.25) is 14.5 Å². The number of unbranched alkanes of at least 4 members (excludes halogenated alkanes) is 13. The van der Waals surface area contributed by atoms with E-state index in [2.05, 4.69) is 18.1 Å². The second-order valence-electron chi connectivity index (χ2n) is 12.3. The van der Waals surface area contributed by atoms with E-state index in [1.54, 1.807) is 0 Å². The minimum Gasteiger partial charge on any atom is -0.465 e. The Balaban J connectivity index is 2.36. The molecule has 0 heterocycles. The summed E-state index contributed by atoms with van der Waals surface area (Å²) in [5.74, 6) is -0.242. The number of carbonyl (C=O) groups is 2. The minimum atomic E-state index is -0.138. The summed E-state index contributed by atoms with van der Waals surface area (Å²) in [5, 5.41) is 9.51. The standard InChI is InChI=1S/C36H65NO5/c1-3-5-7-9-11-13-15-17-26-35(39)41-31-33(23-21-22-28-37(29-30-38)34-24-19-20-25-34)32-42-36(40)27-18-16-14-12-10-8-6-4-2/h3-4,33-34,38H,1-2,5-32H2. The van der Waals surface area contributed by atoms with Crippen molar-refractivity contribution in [1.29, 1.82) is 0 Å². The van der Waals surface area contributed by atoms with Gasteiger partial charge in [-0.2, -0.15) is 0 Å². The molecule has 0 bridgehead atoms. The molecule has 0 spiro atoms. The molecule has 0 amide bonds. The minimum absolute atomic E-state index is 0.0328. The van der Waals surface area contributed by atoms with Crippen molar-refractivity contribution in [2.75, 3.05) is 32.9 Å². The smallest absolute Gasteiger partial charge is 0.305 e. The molecule has 0 aromatic rings. The van der Waals surface area contributed by atoms with Gasteiger partial charge < -0.3 is 14.6 Å². The van der Waals surface area contributed by atoms with E-state index in [0.717, 1.165) is 83.7 Å². The van der Waals surface area contributed by atoms with Gasteiger partial charge >= 0.3 is 11.9 Å². The first-order chi connectivity index (χ1) is 20.6. The number of aliphatic hydroxyl groups excluding tert-OH is 1. The van der Waals surface area contributed by atoms with Gasteiger partial charge in [-0.15, -0.1) is 13.2 Å². The number of aliphatic hydroxyl groups is 1. The molecule has 0 saturated heterocycles. The second kappa shape index (κ2) is 28.1. The van der Waals surface area contributed by atoms with Crippen LogP contribution in [0, 0.1) is 5.92 Å². The predicted molar refractivity (Wildman–Crippen MR) is 174 cm³/mol. The molecule has 1 aliphatic rings. The summed E-state index contributed by atoms with van der Waals surface area (Å²) in [7, 11) is 0. The predicted octanol–water partition coefficient (Wildman–Crippen LogP) is 8.71. The zero-order chi connectivity index (χ0) is 30.5. The van der Waals surface area contributed by atoms with E-state index in [4.69, 9.17) is 9.47 Å². The Morgan fingerprint density at radius 3 is 1.64 bits per heavy atom. The van der Waals surface area contributed by atoms with Crippen LogP contribution < -0.4 is 0 Å². The first-order valence-corrected chi connectivity index (χ1v) is 17.5. The van der Waals surface area contributed by atoms with Crippen molar-refractivity contribution >= 4 is 11.9 Å². The van der Waals surface area contributed by atoms with E-state index in [1.165, 1.54) is 64.2 Å². The van der Waals surface area contributed by atoms with Gasteiger partial charge in [-0.1, -0.05) is 82.8 Å². The quantitative estimate of drug-likeness (QED) is 0.0511. The molecule has 244 valence electrons. The van der Waals surface area contributed by atoms with Crippen LogP contribution in [0.5, 0.6) is 0 Å². The Morgan fingerprint density at radius 1 is 0.690 bits per heavy atom. The maximum Gasteiger partial charge on any atom is 0.305 e. The van der Waals surface area contributed by atoms with Crippen molar-refractivity contribution in [3.05, 3.63) is 25.3 Å². The number of nitrogens with zero attached hydrogens (tertiary/aromatic N) is 1. The number of esters is 2. The van der Waals surface area contributed by atoms with E-state index in [-0.39, 0.29) is 24.5 Å². The van der Waals surface area contributed by atoms with Crippen LogP contribution in [0.15, 0.2) is 25.3 Å². The molecule has 0 unspecified atom stereocenters. The zero-order valence-corrected chi connectivity index (χ0v) is 27.1. The van der Waals surface area contributed by atoms with Crippen LogP contribution in [0.3, 0.4) is 0 Å². The maximum absolute atomic E-state index is 12.4. The number of allylic oxidation sites excluding steroid dienone is 2. The summed E-state index contributed by atoms with van der Waals surface area (Å²) in [6.07, 6.45) is 28.4. The fraction of sp³-hybridized carbons (Fsp3) is 0.833. The average molecular weight is 592 g/mol. The highest BCUT2D eigenvalue weighted by molar-refractivity contribution is 5.69. The summed E-state index contributed by atoms with van der Waals surface area (Å²) in [4.78, 5) is 27.3. The van der Waals surface area contributed by atoms with Crippen LogP contribution in [-0.4, -0.2) is 60.9 Å². The topological polar surface area (TPSA) is 76.1 Å². The van der Waals surface area contributed by atoms with Gasteiger partial charge in [0.15, 0.2) is 0 Å². The van der Waals surface area contributed by atoms with Crippen molar-refractivity contribution < 1.29 is 24.2 Å². The maximum atomic E-state index is 12.4. The monoisotopic (exact) mass is 591 g/mol. The van der Waals surface area contributed by atoms with Crippen molar-refractivity contribution in [3.63, 3.8) is 0 Å². The van der Waals surface area contributed by atoms with Gasteiger partial charge in [0.25, 0.3) is 0 Å². The number of hydrogen-bond donors (Lipinski definition) is 1. The van der Waals surface area contributed by atoms with Crippen molar-refractivity contribution in [3.8, 4) is 0 Å². The van der Waals surface area contributed by atoms with Crippen molar-refractivity contribution in [2.45, 2.75) is 154 Å². The highest BCUT2D eigenvalue weighted by atomic mass is 16.5. The largest absolute Gasteiger partial charge is 0.465 e. The van der Waals surface area contributed by atoms with E-state index in [0.29, 0.717) is 32.1 Å². The lowest BCUT2D eigenvalue weighted by Crippen LogP contribution is -2.36. The van der Waals surface area contributed by atoms with Crippen molar-refractivity contribution in [1.82, 2.24) is 4.90 Å². The number of hydrogen-bond acceptors (Lipinski definition) is 6. The lowest BCUT2D eigenvalue weighted by atomic mass is 10.0. The molecule has 0 aromatic carbocycles. The molecule has 0 atom stereocenters. The number of ether oxygens (including phenoxy) is 2. The van der Waals surface area contributed by atoms with E-state index in [1.807, 2.05) is 12.2 Å². The van der Waals surface area contributed by atoms with E-state index in [9.17, 15) is 14.7 Å². The van der Waals surface area contributed by atoms with Crippen molar-refractivity contribution in [2.24, 2.45) is 5.92 Å². The molecule has 0 radical (unpaired) electrons. The molecule has 42 heavy (non-hydrogen) atoms. The fourth-order valence-corrected chi connectivity index (χ4v) is 5.93. The molecule has 0 aliphatic heterocycles. The molecule has 1 rings (SSSR count). The third-order valence-electron chi connectivity index (χ3n) is 8.57. The summed E-state index contributed by atoms with van der Waals surface area (Å²) in [6.45, 7) is 10.1. The third kappa shape index (κ3) is 22.0. The molecule has 6 nitrogen and oxygen atoms in total. The molecule has 1 fully saturated rings. The zero-order valence-electron chi connectivity index (χ0n) is 27.1. The van der Waals surface area contributed by atoms with Gasteiger partial charge in [0, 0.05) is 31.3 Å². The van der Waals surface area contributed by atoms with Gasteiger partial charge in [0.1, 0.15) is 0 Å². The van der Waals surface area contributed by atoms with E-state index < -0.39 is 0 Å². The first kappa shape index (κ1) is 38.4. The molecule has 6 heteroatoms. The lowest BCUT2D eigenvalue weighted by molar-refractivity contribution is -0.149. The van der Waals surface area contributed by atoms with Crippen LogP contribution >= 0.6 is 0 Å². The fourth-order valence-electron chi connectivity index (χ4n) is 5.93. The number of carbonyl (C=O) groups excluding carboxylic acids is 2. The number of rotatable bonds is 30. The molecule has 1 N–H and O–H groups in total. The van der Waals surface area contributed by atoms with Gasteiger partial charge in [-0.25, -0.2) is 0 Å². The summed E-state index contributed by atoms with van der Waals surface area (Å²) in [6, 6.07) is 0.606. The summed E-state index contributed by atoms with van der Waals surface area (Å²) < 4.78 is 11.3. The summed E-state index contributed by atoms with van der Waals surface area (Å²) >= 11 is 0. The van der Waals surface area contributed by atoms with E-state index >= 15 is 0 Å². The van der Waals surface area contributed by atoms with Gasteiger partial charge in [0.2, 0.25) is 0 Å². The Bertz CT molecular complexity index is 636. The Labute approximate surface area is 258 Å².